The average molecular weight is 651 g/mol. The molecule has 1 unspecified atom stereocenters. The second-order valence-electron chi connectivity index (χ2n) is 11.9. The third-order valence-corrected chi connectivity index (χ3v) is 8.74. The number of para-hydroxylation sites is 1. The molecule has 43 heavy (non-hydrogen) atoms. The Bertz CT molecular complexity index is 1720. The van der Waals surface area contributed by atoms with Crippen molar-refractivity contribution in [3.8, 4) is 11.8 Å². The Morgan fingerprint density at radius 3 is 2.37 bits per heavy atom. The Balaban J connectivity index is 1.66. The lowest BCUT2D eigenvalue weighted by Crippen LogP contribution is -2.42. The molecule has 1 aliphatic heterocycles. The lowest BCUT2D eigenvalue weighted by Gasteiger charge is -2.44. The number of hydrogen-bond donors (Lipinski definition) is 1. The highest BCUT2D eigenvalue weighted by Gasteiger charge is 2.45. The van der Waals surface area contributed by atoms with Gasteiger partial charge in [0, 0.05) is 23.4 Å². The number of carbonyl (C=O) groups excluding carboxylic acids is 1. The maximum absolute atomic E-state index is 13.9. The van der Waals surface area contributed by atoms with E-state index in [1.807, 2.05) is 64.1 Å². The molecule has 0 spiro atoms. The van der Waals surface area contributed by atoms with Crippen molar-refractivity contribution in [2.24, 2.45) is 11.1 Å². The van der Waals surface area contributed by atoms with Gasteiger partial charge >= 0.3 is 6.18 Å². The summed E-state index contributed by atoms with van der Waals surface area (Å²) in [6.45, 7) is 8.13. The number of halogens is 4. The fraction of sp³-hybridized carbons (Fsp3) is 0.294. The predicted octanol–water partition coefficient (Wildman–Crippen LogP) is 8.60. The van der Waals surface area contributed by atoms with Crippen LogP contribution in [0.4, 0.5) is 18.9 Å². The number of benzene rings is 3. The highest BCUT2D eigenvalue weighted by molar-refractivity contribution is 9.10. The van der Waals surface area contributed by atoms with Crippen LogP contribution in [0.3, 0.4) is 0 Å². The molecule has 2 N–H and O–H groups in total. The van der Waals surface area contributed by atoms with Crippen LogP contribution in [0.1, 0.15) is 60.4 Å². The smallest absolute Gasteiger partial charge is 0.416 e. The Morgan fingerprint density at radius 1 is 1.07 bits per heavy atom. The molecule has 1 heterocycles. The van der Waals surface area contributed by atoms with Crippen LogP contribution in [0.5, 0.6) is 5.75 Å². The monoisotopic (exact) mass is 649 g/mol. The summed E-state index contributed by atoms with van der Waals surface area (Å²) in [7, 11) is 0. The fourth-order valence-electron chi connectivity index (χ4n) is 6.01. The molecule has 1 aliphatic carbocycles. The van der Waals surface area contributed by atoms with Gasteiger partial charge in [-0.05, 0) is 100 Å². The first-order chi connectivity index (χ1) is 20.2. The number of hydrogen-bond acceptors (Lipinski definition) is 5. The molecule has 0 aromatic heterocycles. The van der Waals surface area contributed by atoms with Crippen LogP contribution in [0.15, 0.2) is 87.8 Å². The molecule has 1 atom stereocenters. The van der Waals surface area contributed by atoms with Gasteiger partial charge in [0.25, 0.3) is 0 Å². The summed E-state index contributed by atoms with van der Waals surface area (Å²) in [5.74, 6) is -0.0515. The van der Waals surface area contributed by atoms with Crippen molar-refractivity contribution in [3.63, 3.8) is 0 Å². The molecule has 5 nitrogen and oxygen atoms in total. The molecule has 3 aromatic rings. The number of rotatable bonds is 5. The molecule has 9 heteroatoms. The topological polar surface area (TPSA) is 79.4 Å². The van der Waals surface area contributed by atoms with Crippen LogP contribution in [0.2, 0.25) is 0 Å². The molecular weight excluding hydrogens is 619 g/mol. The normalized spacial score (nSPS) is 18.4. The minimum atomic E-state index is -4.50. The molecule has 0 bridgehead atoms. The van der Waals surface area contributed by atoms with Gasteiger partial charge in [-0.25, -0.2) is 0 Å². The number of alkyl halides is 3. The van der Waals surface area contributed by atoms with Gasteiger partial charge < -0.3 is 10.5 Å². The predicted molar refractivity (Wildman–Crippen MR) is 163 cm³/mol. The Labute approximate surface area is 257 Å². The summed E-state index contributed by atoms with van der Waals surface area (Å²) < 4.78 is 46.9. The summed E-state index contributed by atoms with van der Waals surface area (Å²) in [6.07, 6.45) is -3.78. The van der Waals surface area contributed by atoms with Crippen molar-refractivity contribution < 1.29 is 22.7 Å². The van der Waals surface area contributed by atoms with Gasteiger partial charge in [-0.2, -0.15) is 18.4 Å². The molecule has 0 fully saturated rings. The van der Waals surface area contributed by atoms with Crippen LogP contribution in [0.25, 0.3) is 0 Å². The number of Topliss-reactive ketones (excluding diaryl/α,β-unsaturated/α-hetero) is 1. The zero-order chi connectivity index (χ0) is 31.3. The summed E-state index contributed by atoms with van der Waals surface area (Å²) in [5, 5.41) is 10.5. The minimum Gasteiger partial charge on any atom is -0.488 e. The highest BCUT2D eigenvalue weighted by atomic mass is 79.9. The van der Waals surface area contributed by atoms with Crippen LogP contribution in [-0.2, 0) is 17.6 Å². The number of anilines is 1. The summed E-state index contributed by atoms with van der Waals surface area (Å²) in [5.41, 5.74) is 10.6. The molecule has 0 saturated heterocycles. The van der Waals surface area contributed by atoms with Gasteiger partial charge in [0.1, 0.15) is 18.2 Å². The van der Waals surface area contributed by atoms with E-state index in [2.05, 4.69) is 22.0 Å². The fourth-order valence-corrected chi connectivity index (χ4v) is 6.41. The van der Waals surface area contributed by atoms with Crippen molar-refractivity contribution >= 4 is 27.4 Å². The summed E-state index contributed by atoms with van der Waals surface area (Å²) >= 11 is 3.51. The summed E-state index contributed by atoms with van der Waals surface area (Å²) in [4.78, 5) is 15.5. The Hall–Kier alpha value is -4.03. The van der Waals surface area contributed by atoms with Gasteiger partial charge in [0.15, 0.2) is 5.78 Å². The highest BCUT2D eigenvalue weighted by Crippen LogP contribution is 2.51. The van der Waals surface area contributed by atoms with Gasteiger partial charge in [0.05, 0.1) is 27.6 Å². The first kappa shape index (κ1) is 30.4. The largest absolute Gasteiger partial charge is 0.488 e. The lowest BCUT2D eigenvalue weighted by molar-refractivity contribution is -0.137. The first-order valence-electron chi connectivity index (χ1n) is 13.8. The van der Waals surface area contributed by atoms with Crippen LogP contribution in [0, 0.1) is 30.6 Å². The van der Waals surface area contributed by atoms with Gasteiger partial charge in [-0.1, -0.05) is 38.1 Å². The van der Waals surface area contributed by atoms with E-state index in [1.165, 1.54) is 12.1 Å². The van der Waals surface area contributed by atoms with E-state index in [9.17, 15) is 23.2 Å². The number of nitrogens with two attached hydrogens (primary N) is 1. The van der Waals surface area contributed by atoms with Gasteiger partial charge in [-0.3, -0.25) is 9.69 Å². The van der Waals surface area contributed by atoms with E-state index < -0.39 is 23.1 Å². The zero-order valence-electron chi connectivity index (χ0n) is 24.3. The van der Waals surface area contributed by atoms with Gasteiger partial charge in [-0.15, -0.1) is 0 Å². The standard InChI is InChI=1S/C34H31BrF3N3O2/c1-19-13-20(2)24(14-21(19)18-43-29-8-6-5-7-26(29)35)30-25(17-39)32(40)41(23-11-9-22(10-12-23)34(36,37)38)27-15-33(3,4)16-28(42)31(27)30/h5-14,30H,15-16,18,40H2,1-4H3. The third-order valence-electron chi connectivity index (χ3n) is 8.09. The molecule has 2 aliphatic rings. The molecular formula is C34H31BrF3N3O2. The van der Waals surface area contributed by atoms with Crippen molar-refractivity contribution in [1.82, 2.24) is 0 Å². The second-order valence-corrected chi connectivity index (χ2v) is 12.7. The molecule has 0 radical (unpaired) electrons. The number of allylic oxidation sites excluding steroid dienone is 3. The van der Waals surface area contributed by atoms with E-state index in [1.54, 1.807) is 4.90 Å². The Morgan fingerprint density at radius 2 is 1.74 bits per heavy atom. The van der Waals surface area contributed by atoms with Gasteiger partial charge in [0.2, 0.25) is 0 Å². The van der Waals surface area contributed by atoms with Crippen LogP contribution in [-0.4, -0.2) is 5.78 Å². The SMILES string of the molecule is Cc1cc(C)c(C2C(C#N)=C(N)N(c3ccc(C(F)(F)F)cc3)C3=C2C(=O)CC(C)(C)C3)cc1COc1ccccc1Br. The Kier molecular flexibility index (Phi) is 7.95. The van der Waals surface area contributed by atoms with Crippen LogP contribution < -0.4 is 15.4 Å². The summed E-state index contributed by atoms with van der Waals surface area (Å²) in [6, 6.07) is 18.4. The quantitative estimate of drug-likeness (QED) is 0.299. The van der Waals surface area contributed by atoms with Crippen LogP contribution >= 0.6 is 15.9 Å². The van der Waals surface area contributed by atoms with E-state index in [-0.39, 0.29) is 30.2 Å². The molecule has 0 amide bonds. The zero-order valence-corrected chi connectivity index (χ0v) is 25.9. The third kappa shape index (κ3) is 5.81. The van der Waals surface area contributed by atoms with Crippen molar-refractivity contribution in [2.45, 2.75) is 59.2 Å². The molecule has 5 rings (SSSR count). The second kappa shape index (κ2) is 11.2. The van der Waals surface area contributed by atoms with E-state index in [4.69, 9.17) is 10.5 Å². The van der Waals surface area contributed by atoms with E-state index in [0.717, 1.165) is 38.9 Å². The minimum absolute atomic E-state index is 0.0995. The van der Waals surface area contributed by atoms with Crippen molar-refractivity contribution in [2.75, 3.05) is 4.90 Å². The van der Waals surface area contributed by atoms with Crippen molar-refractivity contribution in [3.05, 3.63) is 116 Å². The lowest BCUT2D eigenvalue weighted by atomic mass is 9.68. The van der Waals surface area contributed by atoms with E-state index >= 15 is 0 Å². The molecule has 3 aromatic carbocycles. The first-order valence-corrected chi connectivity index (χ1v) is 14.6. The number of carbonyl (C=O) groups is 1. The maximum Gasteiger partial charge on any atom is 0.416 e. The average Bonchev–Trinajstić information content (AvgIpc) is 2.92. The number of aryl methyl sites for hydroxylation is 2. The number of ether oxygens (including phenoxy) is 1. The molecule has 0 saturated carbocycles. The number of nitriles is 1. The number of nitrogens with zero attached hydrogens (tertiary/aromatic N) is 2. The van der Waals surface area contributed by atoms with Crippen molar-refractivity contribution in [1.29, 1.82) is 5.26 Å². The maximum atomic E-state index is 13.9. The number of ketones is 1. The van der Waals surface area contributed by atoms with E-state index in [0.29, 0.717) is 29.1 Å². The molecule has 222 valence electrons.